The Morgan fingerprint density at radius 1 is 1.20 bits per heavy atom. The fourth-order valence-electron chi connectivity index (χ4n) is 3.42. The molecule has 2 nitrogen and oxygen atoms in total. The Labute approximate surface area is 119 Å². The summed E-state index contributed by atoms with van der Waals surface area (Å²) in [6, 6.07) is 12.2. The lowest BCUT2D eigenvalue weighted by molar-refractivity contribution is 0.173. The van der Waals surface area contributed by atoms with Gasteiger partial charge >= 0.3 is 0 Å². The van der Waals surface area contributed by atoms with Crippen LogP contribution in [0.25, 0.3) is 0 Å². The molecule has 0 bridgehead atoms. The molecule has 1 aliphatic carbocycles. The number of aromatic nitrogens is 1. The van der Waals surface area contributed by atoms with Gasteiger partial charge in [0.1, 0.15) is 5.82 Å². The van der Waals surface area contributed by atoms with Crippen molar-refractivity contribution in [1.29, 1.82) is 0 Å². The third-order valence-electron chi connectivity index (χ3n) is 4.55. The molecule has 1 atom stereocenters. The predicted molar refractivity (Wildman–Crippen MR) is 78.0 cm³/mol. The van der Waals surface area contributed by atoms with Gasteiger partial charge in [0.15, 0.2) is 0 Å². The molecule has 0 radical (unpaired) electrons. The fourth-order valence-corrected chi connectivity index (χ4v) is 3.42. The average molecular weight is 270 g/mol. The van der Waals surface area contributed by atoms with Crippen LogP contribution in [0, 0.1) is 5.82 Å². The van der Waals surface area contributed by atoms with E-state index in [1.165, 1.54) is 18.2 Å². The number of halogens is 1. The third-order valence-corrected chi connectivity index (χ3v) is 4.55. The molecule has 3 rings (SSSR count). The van der Waals surface area contributed by atoms with E-state index in [-0.39, 0.29) is 17.3 Å². The molecule has 0 spiro atoms. The minimum Gasteiger partial charge on any atom is -0.312 e. The summed E-state index contributed by atoms with van der Waals surface area (Å²) >= 11 is 0. The molecular weight excluding hydrogens is 251 g/mol. The van der Waals surface area contributed by atoms with Gasteiger partial charge in [-0.25, -0.2) is 4.39 Å². The molecular formula is C17H19FN2. The predicted octanol–water partition coefficient (Wildman–Crippen LogP) is 3.60. The molecule has 1 aromatic heterocycles. The van der Waals surface area contributed by atoms with Crippen LogP contribution >= 0.6 is 0 Å². The molecule has 0 aliphatic heterocycles. The van der Waals surface area contributed by atoms with Crippen molar-refractivity contribution in [3.63, 3.8) is 0 Å². The summed E-state index contributed by atoms with van der Waals surface area (Å²) in [7, 11) is 1.91. The van der Waals surface area contributed by atoms with Gasteiger partial charge in [-0.2, -0.15) is 0 Å². The molecule has 3 heteroatoms. The first-order chi connectivity index (χ1) is 9.78. The summed E-state index contributed by atoms with van der Waals surface area (Å²) in [5, 5.41) is 3.33. The summed E-state index contributed by atoms with van der Waals surface area (Å²) in [4.78, 5) is 3.86. The topological polar surface area (TPSA) is 24.9 Å². The summed E-state index contributed by atoms with van der Waals surface area (Å²) in [5.41, 5.74) is 2.01. The normalized spacial score (nSPS) is 18.3. The van der Waals surface area contributed by atoms with Crippen molar-refractivity contribution in [3.05, 3.63) is 65.7 Å². The second kappa shape index (κ2) is 5.33. The molecule has 1 saturated carbocycles. The van der Waals surface area contributed by atoms with Gasteiger partial charge in [-0.3, -0.25) is 4.98 Å². The SMILES string of the molecule is CNC(c1ccncc1F)C1(c2ccccc2)CCC1. The average Bonchev–Trinajstić information content (AvgIpc) is 2.45. The van der Waals surface area contributed by atoms with Crippen LogP contribution in [0.5, 0.6) is 0 Å². The highest BCUT2D eigenvalue weighted by Gasteiger charge is 2.46. The van der Waals surface area contributed by atoms with Crippen molar-refractivity contribution in [2.24, 2.45) is 0 Å². The van der Waals surface area contributed by atoms with E-state index in [4.69, 9.17) is 0 Å². The van der Waals surface area contributed by atoms with E-state index in [2.05, 4.69) is 34.6 Å². The first-order valence-corrected chi connectivity index (χ1v) is 7.10. The Morgan fingerprint density at radius 2 is 1.95 bits per heavy atom. The highest BCUT2D eigenvalue weighted by atomic mass is 19.1. The number of hydrogen-bond acceptors (Lipinski definition) is 2. The van der Waals surface area contributed by atoms with E-state index in [0.717, 1.165) is 12.8 Å². The van der Waals surface area contributed by atoms with Crippen LogP contribution < -0.4 is 5.32 Å². The molecule has 1 aliphatic rings. The van der Waals surface area contributed by atoms with Gasteiger partial charge in [0.05, 0.1) is 6.20 Å². The van der Waals surface area contributed by atoms with Gasteiger partial charge in [0, 0.05) is 23.2 Å². The second-order valence-electron chi connectivity index (χ2n) is 5.49. The molecule has 0 saturated heterocycles. The first-order valence-electron chi connectivity index (χ1n) is 7.10. The van der Waals surface area contributed by atoms with Crippen molar-refractivity contribution in [1.82, 2.24) is 10.3 Å². The molecule has 2 aromatic rings. The molecule has 1 N–H and O–H groups in total. The lowest BCUT2D eigenvalue weighted by Gasteiger charge is -2.48. The lowest BCUT2D eigenvalue weighted by Crippen LogP contribution is -2.46. The zero-order valence-corrected chi connectivity index (χ0v) is 11.6. The van der Waals surface area contributed by atoms with Gasteiger partial charge in [-0.1, -0.05) is 36.8 Å². The van der Waals surface area contributed by atoms with Crippen LogP contribution in [0.4, 0.5) is 4.39 Å². The highest BCUT2D eigenvalue weighted by molar-refractivity contribution is 5.35. The van der Waals surface area contributed by atoms with Crippen molar-refractivity contribution in [2.45, 2.75) is 30.7 Å². The number of likely N-dealkylation sites (N-methyl/N-ethyl adjacent to an activating group) is 1. The van der Waals surface area contributed by atoms with E-state index in [1.807, 2.05) is 13.1 Å². The first kappa shape index (κ1) is 13.3. The van der Waals surface area contributed by atoms with Crippen molar-refractivity contribution < 1.29 is 4.39 Å². The minimum absolute atomic E-state index is 0.00178. The van der Waals surface area contributed by atoms with Crippen LogP contribution in [0.1, 0.15) is 36.4 Å². The highest BCUT2D eigenvalue weighted by Crippen LogP contribution is 2.52. The summed E-state index contributed by atoms with van der Waals surface area (Å²) in [5.74, 6) is -0.228. The monoisotopic (exact) mass is 270 g/mol. The maximum absolute atomic E-state index is 14.1. The molecule has 20 heavy (non-hydrogen) atoms. The Kier molecular flexibility index (Phi) is 3.53. The second-order valence-corrected chi connectivity index (χ2v) is 5.49. The number of nitrogens with one attached hydrogen (secondary N) is 1. The lowest BCUT2D eigenvalue weighted by atomic mass is 9.59. The Morgan fingerprint density at radius 3 is 2.50 bits per heavy atom. The fraction of sp³-hybridized carbons (Fsp3) is 0.353. The van der Waals surface area contributed by atoms with Gasteiger partial charge in [0.2, 0.25) is 0 Å². The van der Waals surface area contributed by atoms with E-state index in [1.54, 1.807) is 12.3 Å². The smallest absolute Gasteiger partial charge is 0.146 e. The largest absolute Gasteiger partial charge is 0.312 e. The van der Waals surface area contributed by atoms with Crippen LogP contribution in [-0.4, -0.2) is 12.0 Å². The van der Waals surface area contributed by atoms with Gasteiger partial charge in [0.25, 0.3) is 0 Å². The number of pyridine rings is 1. The van der Waals surface area contributed by atoms with Crippen molar-refractivity contribution in [3.8, 4) is 0 Å². The van der Waals surface area contributed by atoms with Gasteiger partial charge in [-0.05, 0) is 31.5 Å². The van der Waals surface area contributed by atoms with Crippen LogP contribution in [0.15, 0.2) is 48.8 Å². The Bertz CT molecular complexity index is 579. The molecule has 1 aromatic carbocycles. The summed E-state index contributed by atoms with van der Waals surface area (Å²) in [6.07, 6.45) is 6.34. The Balaban J connectivity index is 2.05. The molecule has 104 valence electrons. The number of rotatable bonds is 4. The van der Waals surface area contributed by atoms with Crippen molar-refractivity contribution >= 4 is 0 Å². The minimum atomic E-state index is -0.228. The summed E-state index contributed by atoms with van der Waals surface area (Å²) < 4.78 is 14.1. The van der Waals surface area contributed by atoms with Crippen LogP contribution in [-0.2, 0) is 5.41 Å². The summed E-state index contributed by atoms with van der Waals surface area (Å²) in [6.45, 7) is 0. The third kappa shape index (κ3) is 2.02. The molecule has 0 amide bonds. The zero-order chi connectivity index (χ0) is 14.0. The van der Waals surface area contributed by atoms with Crippen LogP contribution in [0.3, 0.4) is 0 Å². The standard InChI is InChI=1S/C17H19FN2/c1-19-16(14-8-11-20-12-15(14)18)17(9-5-10-17)13-6-3-2-4-7-13/h2-4,6-8,11-12,16,19H,5,9-10H2,1H3. The number of nitrogens with zero attached hydrogens (tertiary/aromatic N) is 1. The quantitative estimate of drug-likeness (QED) is 0.918. The van der Waals surface area contributed by atoms with Gasteiger partial charge < -0.3 is 5.32 Å². The molecule has 1 fully saturated rings. The number of hydrogen-bond donors (Lipinski definition) is 1. The maximum atomic E-state index is 14.1. The van der Waals surface area contributed by atoms with E-state index < -0.39 is 0 Å². The molecule has 1 unspecified atom stereocenters. The Hall–Kier alpha value is -1.74. The van der Waals surface area contributed by atoms with E-state index >= 15 is 0 Å². The van der Waals surface area contributed by atoms with Gasteiger partial charge in [-0.15, -0.1) is 0 Å². The van der Waals surface area contributed by atoms with Crippen molar-refractivity contribution in [2.75, 3.05) is 7.05 Å². The van der Waals surface area contributed by atoms with E-state index in [9.17, 15) is 4.39 Å². The van der Waals surface area contributed by atoms with E-state index in [0.29, 0.717) is 5.56 Å². The maximum Gasteiger partial charge on any atom is 0.146 e. The number of benzene rings is 1. The van der Waals surface area contributed by atoms with Crippen LogP contribution in [0.2, 0.25) is 0 Å². The molecule has 1 heterocycles. The zero-order valence-electron chi connectivity index (χ0n) is 11.6.